The third-order valence-corrected chi connectivity index (χ3v) is 3.11. The van der Waals surface area contributed by atoms with Crippen molar-refractivity contribution in [3.63, 3.8) is 0 Å². The number of H-pyrrole nitrogens is 1. The number of fused-ring (bicyclic) bond motifs is 5. The van der Waals surface area contributed by atoms with E-state index in [1.807, 2.05) is 34.9 Å². The van der Waals surface area contributed by atoms with E-state index < -0.39 is 0 Å². The normalized spacial score (nSPS) is 12.2. The molecular formula is C13H8N3O+. The topological polar surface area (TPSA) is 48.5 Å². The zero-order chi connectivity index (χ0) is 11.4. The van der Waals surface area contributed by atoms with E-state index >= 15 is 0 Å². The summed E-state index contributed by atoms with van der Waals surface area (Å²) in [6.07, 6.45) is 5.65. The highest BCUT2D eigenvalue weighted by Crippen LogP contribution is 2.23. The molecule has 1 N–H and O–H groups in total. The monoisotopic (exact) mass is 222 g/mol. The largest absolute Gasteiger partial charge is 0.360 e. The Morgan fingerprint density at radius 1 is 1.24 bits per heavy atom. The molecule has 0 atom stereocenters. The second-order valence-electron chi connectivity index (χ2n) is 4.06. The molecule has 0 saturated carbocycles. The summed E-state index contributed by atoms with van der Waals surface area (Å²) in [5.41, 5.74) is 3.18. The Hall–Kier alpha value is -2.49. The molecular weight excluding hydrogens is 214 g/mol. The number of aromatic amines is 1. The summed E-state index contributed by atoms with van der Waals surface area (Å²) in [6, 6.07) is 7.96. The molecule has 0 amide bonds. The molecule has 1 aromatic carbocycles. The van der Waals surface area contributed by atoms with E-state index in [-0.39, 0.29) is 5.56 Å². The number of imidazole rings is 1. The Morgan fingerprint density at radius 3 is 3.06 bits per heavy atom. The highest BCUT2D eigenvalue weighted by molar-refractivity contribution is 5.79. The van der Waals surface area contributed by atoms with Crippen molar-refractivity contribution in [2.75, 3.05) is 0 Å². The van der Waals surface area contributed by atoms with Crippen LogP contribution in [0.4, 0.5) is 0 Å². The standard InChI is InChI=1S/C13H7N3O/c17-13-12-14-5-6-16(12)10-7-8-3-1-2-4-9(8)11(10)15-13/h1-7H/p+1. The van der Waals surface area contributed by atoms with Gasteiger partial charge in [0.15, 0.2) is 5.35 Å². The predicted molar refractivity (Wildman–Crippen MR) is 62.2 cm³/mol. The van der Waals surface area contributed by atoms with Crippen LogP contribution in [0.3, 0.4) is 0 Å². The van der Waals surface area contributed by atoms with Crippen molar-refractivity contribution in [3.05, 3.63) is 57.9 Å². The first-order valence-corrected chi connectivity index (χ1v) is 5.38. The van der Waals surface area contributed by atoms with Gasteiger partial charge in [0.1, 0.15) is 18.1 Å². The second kappa shape index (κ2) is 2.79. The first-order chi connectivity index (χ1) is 8.34. The van der Waals surface area contributed by atoms with Gasteiger partial charge in [-0.25, -0.2) is 4.98 Å². The number of nitrogens with zero attached hydrogens (tertiary/aromatic N) is 2. The lowest BCUT2D eigenvalue weighted by molar-refractivity contribution is -0.344. The first-order valence-electron chi connectivity index (χ1n) is 5.38. The quantitative estimate of drug-likeness (QED) is 0.421. The van der Waals surface area contributed by atoms with Crippen LogP contribution in [0.25, 0.3) is 23.0 Å². The van der Waals surface area contributed by atoms with Crippen LogP contribution in [-0.2, 0) is 0 Å². The lowest BCUT2D eigenvalue weighted by Gasteiger charge is -1.96. The lowest BCUT2D eigenvalue weighted by atomic mass is 10.1. The summed E-state index contributed by atoms with van der Waals surface area (Å²) in [7, 11) is 0. The van der Waals surface area contributed by atoms with Gasteiger partial charge in [0.2, 0.25) is 0 Å². The van der Waals surface area contributed by atoms with Gasteiger partial charge in [0, 0.05) is 5.56 Å². The zero-order valence-corrected chi connectivity index (χ0v) is 8.84. The molecule has 2 aromatic heterocycles. The van der Waals surface area contributed by atoms with Crippen molar-refractivity contribution in [2.24, 2.45) is 0 Å². The van der Waals surface area contributed by atoms with Gasteiger partial charge in [0.25, 0.3) is 0 Å². The van der Waals surface area contributed by atoms with E-state index in [1.165, 1.54) is 0 Å². The smallest absolute Gasteiger partial charge is 0.258 e. The van der Waals surface area contributed by atoms with Crippen LogP contribution in [0.15, 0.2) is 41.5 Å². The number of aromatic nitrogens is 3. The number of hydrogen-bond acceptors (Lipinski definition) is 2. The van der Waals surface area contributed by atoms with Gasteiger partial charge < -0.3 is 0 Å². The minimum atomic E-state index is -0.223. The van der Waals surface area contributed by atoms with Crippen LogP contribution >= 0.6 is 0 Å². The third kappa shape index (κ3) is 0.990. The second-order valence-corrected chi connectivity index (χ2v) is 4.06. The zero-order valence-electron chi connectivity index (χ0n) is 8.84. The SMILES string of the molecule is O=c1nc2c(n3cc[nH+]c13)=Cc1ccccc1-2. The maximum atomic E-state index is 11.8. The van der Waals surface area contributed by atoms with Crippen molar-refractivity contribution < 1.29 is 4.98 Å². The van der Waals surface area contributed by atoms with Crippen molar-refractivity contribution in [1.29, 1.82) is 0 Å². The minimum Gasteiger partial charge on any atom is -0.258 e. The van der Waals surface area contributed by atoms with Crippen LogP contribution < -0.4 is 15.9 Å². The summed E-state index contributed by atoms with van der Waals surface area (Å²) in [5, 5.41) is 0.960. The van der Waals surface area contributed by atoms with Crippen LogP contribution in [0.5, 0.6) is 0 Å². The van der Waals surface area contributed by atoms with Gasteiger partial charge in [-0.1, -0.05) is 24.3 Å². The first kappa shape index (κ1) is 8.64. The molecule has 0 fully saturated rings. The van der Waals surface area contributed by atoms with Crippen molar-refractivity contribution >= 4 is 11.7 Å². The molecule has 3 aromatic rings. The van der Waals surface area contributed by atoms with E-state index in [0.717, 1.165) is 22.2 Å². The van der Waals surface area contributed by atoms with Crippen molar-refractivity contribution in [3.8, 4) is 11.3 Å². The molecule has 0 aliphatic heterocycles. The molecule has 4 heteroatoms. The van der Waals surface area contributed by atoms with Crippen LogP contribution in [-0.4, -0.2) is 9.38 Å². The summed E-state index contributed by atoms with van der Waals surface area (Å²) in [5.74, 6) is 0. The molecule has 0 radical (unpaired) electrons. The highest BCUT2D eigenvalue weighted by Gasteiger charge is 2.21. The molecule has 2 heterocycles. The molecule has 0 spiro atoms. The van der Waals surface area contributed by atoms with Gasteiger partial charge in [-0.15, -0.1) is 0 Å². The van der Waals surface area contributed by atoms with Gasteiger partial charge in [-0.3, -0.25) is 4.79 Å². The Kier molecular flexibility index (Phi) is 1.42. The maximum Gasteiger partial charge on any atom is 0.360 e. The Bertz CT molecular complexity index is 864. The molecule has 1 aliphatic rings. The van der Waals surface area contributed by atoms with E-state index in [4.69, 9.17) is 0 Å². The Morgan fingerprint density at radius 2 is 2.12 bits per heavy atom. The van der Waals surface area contributed by atoms with E-state index in [2.05, 4.69) is 16.0 Å². The lowest BCUT2D eigenvalue weighted by Crippen LogP contribution is -2.26. The predicted octanol–water partition coefficient (Wildman–Crippen LogP) is 0.0367. The molecule has 4 nitrogen and oxygen atoms in total. The molecule has 80 valence electrons. The average Bonchev–Trinajstić information content (AvgIpc) is 2.93. The molecule has 17 heavy (non-hydrogen) atoms. The summed E-state index contributed by atoms with van der Waals surface area (Å²) < 4.78 is 1.85. The summed E-state index contributed by atoms with van der Waals surface area (Å²) >= 11 is 0. The van der Waals surface area contributed by atoms with Crippen LogP contribution in [0.2, 0.25) is 0 Å². The van der Waals surface area contributed by atoms with E-state index in [0.29, 0.717) is 5.65 Å². The number of benzene rings is 1. The van der Waals surface area contributed by atoms with Gasteiger partial charge in [-0.05, 0) is 11.6 Å². The third-order valence-electron chi connectivity index (χ3n) is 3.11. The number of nitrogens with one attached hydrogen (secondary N) is 1. The van der Waals surface area contributed by atoms with Gasteiger partial charge in [-0.2, -0.15) is 9.38 Å². The van der Waals surface area contributed by atoms with Crippen LogP contribution in [0.1, 0.15) is 5.56 Å². The fraction of sp³-hybridized carbons (Fsp3) is 0. The Balaban J connectivity index is 2.29. The minimum absolute atomic E-state index is 0.223. The Labute approximate surface area is 95.9 Å². The number of hydrogen-bond donors (Lipinski definition) is 0. The maximum absolute atomic E-state index is 11.8. The van der Waals surface area contributed by atoms with Gasteiger partial charge in [0.05, 0.1) is 0 Å². The number of rotatable bonds is 0. The van der Waals surface area contributed by atoms with E-state index in [1.54, 1.807) is 6.20 Å². The molecule has 1 aliphatic carbocycles. The highest BCUT2D eigenvalue weighted by atomic mass is 16.1. The summed E-state index contributed by atoms with van der Waals surface area (Å²) in [4.78, 5) is 18.9. The average molecular weight is 222 g/mol. The fourth-order valence-corrected chi connectivity index (χ4v) is 2.35. The molecule has 4 rings (SSSR count). The van der Waals surface area contributed by atoms with E-state index in [9.17, 15) is 4.79 Å². The van der Waals surface area contributed by atoms with Gasteiger partial charge >= 0.3 is 11.2 Å². The molecule has 0 saturated heterocycles. The van der Waals surface area contributed by atoms with Crippen molar-refractivity contribution in [2.45, 2.75) is 0 Å². The molecule has 0 bridgehead atoms. The molecule has 0 unspecified atom stereocenters. The fourth-order valence-electron chi connectivity index (χ4n) is 2.35. The summed E-state index contributed by atoms with van der Waals surface area (Å²) in [6.45, 7) is 0. The van der Waals surface area contributed by atoms with Crippen LogP contribution in [0, 0.1) is 0 Å². The van der Waals surface area contributed by atoms with Crippen molar-refractivity contribution in [1.82, 2.24) is 9.38 Å².